The molecule has 2 aliphatic rings. The number of carbonyl (C=O) groups excluding carboxylic acids is 1. The van der Waals surface area contributed by atoms with Crippen molar-refractivity contribution in [1.82, 2.24) is 5.32 Å². The molecule has 2 heterocycles. The summed E-state index contributed by atoms with van der Waals surface area (Å²) in [5.74, 6) is -1.43. The Morgan fingerprint density at radius 2 is 2.00 bits per heavy atom. The summed E-state index contributed by atoms with van der Waals surface area (Å²) in [6, 6.07) is 0. The molecule has 0 bridgehead atoms. The largest absolute Gasteiger partial charge is 0.480 e. The highest BCUT2D eigenvalue weighted by molar-refractivity contribution is 5.87. The molecule has 1 amide bonds. The summed E-state index contributed by atoms with van der Waals surface area (Å²) < 4.78 is 16.0. The number of carbonyl (C=O) groups is 2. The summed E-state index contributed by atoms with van der Waals surface area (Å²) >= 11 is 0. The van der Waals surface area contributed by atoms with Crippen LogP contribution in [0.15, 0.2) is 0 Å². The lowest BCUT2D eigenvalue weighted by atomic mass is 9.90. The minimum Gasteiger partial charge on any atom is -0.480 e. The van der Waals surface area contributed by atoms with E-state index in [4.69, 9.17) is 14.2 Å². The number of carboxylic acids is 1. The van der Waals surface area contributed by atoms with Crippen molar-refractivity contribution in [2.75, 3.05) is 33.0 Å². The van der Waals surface area contributed by atoms with E-state index in [0.717, 1.165) is 25.9 Å². The van der Waals surface area contributed by atoms with Crippen molar-refractivity contribution in [1.29, 1.82) is 0 Å². The predicted molar refractivity (Wildman–Crippen MR) is 73.0 cm³/mol. The first-order valence-corrected chi connectivity index (χ1v) is 7.44. The lowest BCUT2D eigenvalue weighted by Crippen LogP contribution is -2.58. The lowest BCUT2D eigenvalue weighted by molar-refractivity contribution is -0.153. The highest BCUT2D eigenvalue weighted by Gasteiger charge is 2.41. The van der Waals surface area contributed by atoms with Gasteiger partial charge in [-0.25, -0.2) is 4.79 Å². The number of aliphatic carboxylic acids is 1. The second-order valence-electron chi connectivity index (χ2n) is 5.55. The molecular weight excluding hydrogens is 278 g/mol. The van der Waals surface area contributed by atoms with Crippen LogP contribution in [0.25, 0.3) is 0 Å². The van der Waals surface area contributed by atoms with Crippen molar-refractivity contribution in [2.45, 2.75) is 43.7 Å². The molecule has 0 radical (unpaired) electrons. The van der Waals surface area contributed by atoms with Crippen molar-refractivity contribution in [3.8, 4) is 0 Å². The molecule has 7 heteroatoms. The normalized spacial score (nSPS) is 25.2. The van der Waals surface area contributed by atoms with Gasteiger partial charge < -0.3 is 24.6 Å². The minimum atomic E-state index is -1.22. The van der Waals surface area contributed by atoms with Crippen LogP contribution in [0, 0.1) is 0 Å². The Kier molecular flexibility index (Phi) is 5.96. The number of hydrogen-bond donors (Lipinski definition) is 2. The number of amides is 1. The average molecular weight is 301 g/mol. The van der Waals surface area contributed by atoms with E-state index in [-0.39, 0.29) is 25.6 Å². The zero-order chi connectivity index (χ0) is 15.1. The summed E-state index contributed by atoms with van der Waals surface area (Å²) in [5, 5.41) is 11.9. The molecule has 0 saturated carbocycles. The van der Waals surface area contributed by atoms with E-state index >= 15 is 0 Å². The van der Waals surface area contributed by atoms with Gasteiger partial charge >= 0.3 is 5.97 Å². The number of rotatable bonds is 6. The molecule has 120 valence electrons. The monoisotopic (exact) mass is 301 g/mol. The first-order chi connectivity index (χ1) is 10.1. The Labute approximate surface area is 123 Å². The van der Waals surface area contributed by atoms with Gasteiger partial charge in [0.25, 0.3) is 0 Å². The van der Waals surface area contributed by atoms with Crippen molar-refractivity contribution < 1.29 is 28.9 Å². The third kappa shape index (κ3) is 4.66. The highest BCUT2D eigenvalue weighted by Crippen LogP contribution is 2.21. The van der Waals surface area contributed by atoms with Crippen LogP contribution in [0.2, 0.25) is 0 Å². The van der Waals surface area contributed by atoms with Crippen molar-refractivity contribution in [3.63, 3.8) is 0 Å². The standard InChI is InChI=1S/C14H23NO6/c16-12(10-20-9-11-3-1-2-6-21-11)15-14(13(17)18)4-7-19-8-5-14/h11H,1-10H2,(H,15,16)(H,17,18). The fourth-order valence-corrected chi connectivity index (χ4v) is 2.64. The molecule has 0 spiro atoms. The summed E-state index contributed by atoms with van der Waals surface area (Å²) in [7, 11) is 0. The van der Waals surface area contributed by atoms with Crippen LogP contribution in [0.3, 0.4) is 0 Å². The molecule has 0 aromatic carbocycles. The SMILES string of the molecule is O=C(COCC1CCCCO1)NC1(C(=O)O)CCOCC1. The van der Waals surface area contributed by atoms with Crippen LogP contribution in [-0.4, -0.2) is 61.7 Å². The van der Waals surface area contributed by atoms with E-state index in [9.17, 15) is 14.7 Å². The molecule has 2 N–H and O–H groups in total. The Bertz CT molecular complexity index is 360. The molecule has 7 nitrogen and oxygen atoms in total. The topological polar surface area (TPSA) is 94.1 Å². The summed E-state index contributed by atoms with van der Waals surface area (Å²) in [5.41, 5.74) is -1.22. The van der Waals surface area contributed by atoms with Gasteiger partial charge in [-0.05, 0) is 19.3 Å². The average Bonchev–Trinajstić information content (AvgIpc) is 2.49. The number of ether oxygens (including phenoxy) is 3. The fraction of sp³-hybridized carbons (Fsp3) is 0.857. The van der Waals surface area contributed by atoms with E-state index in [2.05, 4.69) is 5.32 Å². The predicted octanol–water partition coefficient (Wildman–Crippen LogP) is 0.322. The van der Waals surface area contributed by atoms with Crippen LogP contribution in [0.4, 0.5) is 0 Å². The van der Waals surface area contributed by atoms with E-state index < -0.39 is 17.4 Å². The molecule has 0 aliphatic carbocycles. The smallest absolute Gasteiger partial charge is 0.329 e. The maximum Gasteiger partial charge on any atom is 0.329 e. The number of carboxylic acid groups (broad SMARTS) is 1. The third-order valence-electron chi connectivity index (χ3n) is 3.95. The second kappa shape index (κ2) is 7.72. The first-order valence-electron chi connectivity index (χ1n) is 7.44. The van der Waals surface area contributed by atoms with Gasteiger partial charge in [-0.3, -0.25) is 4.79 Å². The molecule has 2 aliphatic heterocycles. The van der Waals surface area contributed by atoms with Crippen LogP contribution in [0.5, 0.6) is 0 Å². The minimum absolute atomic E-state index is 0.0445. The second-order valence-corrected chi connectivity index (χ2v) is 5.55. The van der Waals surface area contributed by atoms with E-state index in [1.807, 2.05) is 0 Å². The highest BCUT2D eigenvalue weighted by atomic mass is 16.5. The number of hydrogen-bond acceptors (Lipinski definition) is 5. The van der Waals surface area contributed by atoms with Gasteiger partial charge in [0.1, 0.15) is 12.1 Å². The van der Waals surface area contributed by atoms with Gasteiger partial charge in [-0.1, -0.05) is 0 Å². The van der Waals surface area contributed by atoms with Crippen molar-refractivity contribution in [2.24, 2.45) is 0 Å². The Morgan fingerprint density at radius 3 is 2.62 bits per heavy atom. The Hall–Kier alpha value is -1.18. The molecule has 21 heavy (non-hydrogen) atoms. The Morgan fingerprint density at radius 1 is 1.24 bits per heavy atom. The van der Waals surface area contributed by atoms with Crippen LogP contribution in [-0.2, 0) is 23.8 Å². The maximum absolute atomic E-state index is 11.9. The van der Waals surface area contributed by atoms with Crippen LogP contribution >= 0.6 is 0 Å². The zero-order valence-corrected chi connectivity index (χ0v) is 12.1. The van der Waals surface area contributed by atoms with Gasteiger partial charge in [0.2, 0.25) is 5.91 Å². The molecule has 1 atom stereocenters. The van der Waals surface area contributed by atoms with E-state index in [0.29, 0.717) is 19.8 Å². The van der Waals surface area contributed by atoms with E-state index in [1.165, 1.54) is 0 Å². The van der Waals surface area contributed by atoms with Crippen LogP contribution in [0.1, 0.15) is 32.1 Å². The van der Waals surface area contributed by atoms with E-state index in [1.54, 1.807) is 0 Å². The molecule has 2 rings (SSSR count). The lowest BCUT2D eigenvalue weighted by Gasteiger charge is -2.33. The molecule has 2 saturated heterocycles. The Balaban J connectivity index is 1.73. The summed E-state index contributed by atoms with van der Waals surface area (Å²) in [6.07, 6.45) is 3.73. The summed E-state index contributed by atoms with van der Waals surface area (Å²) in [4.78, 5) is 23.3. The van der Waals surface area contributed by atoms with Gasteiger partial charge in [-0.15, -0.1) is 0 Å². The van der Waals surface area contributed by atoms with Gasteiger partial charge in [0.05, 0.1) is 12.7 Å². The van der Waals surface area contributed by atoms with Crippen LogP contribution < -0.4 is 5.32 Å². The third-order valence-corrected chi connectivity index (χ3v) is 3.95. The zero-order valence-electron chi connectivity index (χ0n) is 12.1. The van der Waals surface area contributed by atoms with Gasteiger partial charge in [-0.2, -0.15) is 0 Å². The van der Waals surface area contributed by atoms with Gasteiger partial charge in [0.15, 0.2) is 0 Å². The molecule has 0 aromatic rings. The molecule has 1 unspecified atom stereocenters. The first kappa shape index (κ1) is 16.2. The quantitative estimate of drug-likeness (QED) is 0.734. The van der Waals surface area contributed by atoms with Crippen molar-refractivity contribution in [3.05, 3.63) is 0 Å². The molecule has 0 aromatic heterocycles. The van der Waals surface area contributed by atoms with Crippen molar-refractivity contribution >= 4 is 11.9 Å². The fourth-order valence-electron chi connectivity index (χ4n) is 2.64. The number of nitrogens with one attached hydrogen (secondary N) is 1. The molecular formula is C14H23NO6. The van der Waals surface area contributed by atoms with Gasteiger partial charge in [0, 0.05) is 32.7 Å². The summed E-state index contributed by atoms with van der Waals surface area (Å²) in [6.45, 7) is 1.64. The maximum atomic E-state index is 11.9. The molecule has 2 fully saturated rings.